The molecule has 0 unspecified atom stereocenters. The number of carbonyl (C=O) groups excluding carboxylic acids is 1. The third-order valence-electron chi connectivity index (χ3n) is 4.36. The van der Waals surface area contributed by atoms with Crippen LogP contribution in [0.25, 0.3) is 0 Å². The third-order valence-corrected chi connectivity index (χ3v) is 4.36. The van der Waals surface area contributed by atoms with E-state index in [0.29, 0.717) is 18.7 Å². The van der Waals surface area contributed by atoms with E-state index in [1.807, 2.05) is 49.4 Å². The maximum absolute atomic E-state index is 12.5. The van der Waals surface area contributed by atoms with Gasteiger partial charge in [-0.15, -0.1) is 0 Å². The van der Waals surface area contributed by atoms with Crippen LogP contribution in [0, 0.1) is 0 Å². The number of nitrogens with zero attached hydrogens (tertiary/aromatic N) is 1. The van der Waals surface area contributed by atoms with Crippen LogP contribution < -0.4 is 10.1 Å². The summed E-state index contributed by atoms with van der Waals surface area (Å²) in [4.78, 5) is 14.8. The van der Waals surface area contributed by atoms with Gasteiger partial charge >= 0.3 is 0 Å². The van der Waals surface area contributed by atoms with Crippen LogP contribution >= 0.6 is 0 Å². The van der Waals surface area contributed by atoms with Crippen molar-refractivity contribution in [2.45, 2.75) is 20.0 Å². The van der Waals surface area contributed by atoms with Crippen molar-refractivity contribution in [2.75, 3.05) is 32.9 Å². The molecule has 26 heavy (non-hydrogen) atoms. The van der Waals surface area contributed by atoms with Crippen molar-refractivity contribution in [1.82, 2.24) is 10.2 Å². The standard InChI is InChI=1S/C21H26N2O3/c1-2-26-20-8-4-5-17(14-20)15-22-21(24)19-7-3-6-18(13-19)16-23-9-11-25-12-10-23/h3-8,13-14H,2,9-12,15-16H2,1H3,(H,22,24). The molecule has 3 rings (SSSR count). The van der Waals surface area contributed by atoms with Crippen LogP contribution in [0.4, 0.5) is 0 Å². The lowest BCUT2D eigenvalue weighted by atomic mass is 10.1. The summed E-state index contributed by atoms with van der Waals surface area (Å²) in [5.41, 5.74) is 2.86. The maximum Gasteiger partial charge on any atom is 0.251 e. The fourth-order valence-electron chi connectivity index (χ4n) is 3.02. The SMILES string of the molecule is CCOc1cccc(CNC(=O)c2cccc(CN3CCOCC3)c2)c1. The highest BCUT2D eigenvalue weighted by Gasteiger charge is 2.12. The molecule has 0 radical (unpaired) electrons. The van der Waals surface area contributed by atoms with Gasteiger partial charge in [0.05, 0.1) is 19.8 Å². The van der Waals surface area contributed by atoms with Crippen LogP contribution in [-0.4, -0.2) is 43.7 Å². The number of nitrogens with one attached hydrogen (secondary N) is 1. The topological polar surface area (TPSA) is 50.8 Å². The average molecular weight is 354 g/mol. The first-order valence-corrected chi connectivity index (χ1v) is 9.13. The zero-order chi connectivity index (χ0) is 18.2. The van der Waals surface area contributed by atoms with Gasteiger partial charge in [0.15, 0.2) is 0 Å². The lowest BCUT2D eigenvalue weighted by Crippen LogP contribution is -2.35. The molecule has 138 valence electrons. The van der Waals surface area contributed by atoms with Crippen molar-refractivity contribution < 1.29 is 14.3 Å². The predicted octanol–water partition coefficient (Wildman–Crippen LogP) is 2.85. The second-order valence-electron chi connectivity index (χ2n) is 6.35. The first-order chi connectivity index (χ1) is 12.7. The van der Waals surface area contributed by atoms with Gasteiger partial charge in [0.2, 0.25) is 0 Å². The van der Waals surface area contributed by atoms with Gasteiger partial charge in [-0.25, -0.2) is 0 Å². The Hall–Kier alpha value is -2.37. The first-order valence-electron chi connectivity index (χ1n) is 9.13. The molecule has 1 N–H and O–H groups in total. The van der Waals surface area contributed by atoms with Crippen LogP contribution in [0.1, 0.15) is 28.4 Å². The molecule has 5 nitrogen and oxygen atoms in total. The number of carbonyl (C=O) groups is 1. The van der Waals surface area contributed by atoms with Gasteiger partial charge in [-0.2, -0.15) is 0 Å². The number of rotatable bonds is 7. The van der Waals surface area contributed by atoms with Crippen LogP contribution in [0.2, 0.25) is 0 Å². The monoisotopic (exact) mass is 354 g/mol. The molecular formula is C21H26N2O3. The summed E-state index contributed by atoms with van der Waals surface area (Å²) in [5.74, 6) is 0.766. The van der Waals surface area contributed by atoms with Crippen molar-refractivity contribution in [3.8, 4) is 5.75 Å². The minimum atomic E-state index is -0.0596. The number of ether oxygens (including phenoxy) is 2. The molecule has 1 fully saturated rings. The van der Waals surface area contributed by atoms with E-state index in [9.17, 15) is 4.79 Å². The van der Waals surface area contributed by atoms with Crippen molar-refractivity contribution >= 4 is 5.91 Å². The molecular weight excluding hydrogens is 328 g/mol. The van der Waals surface area contributed by atoms with E-state index in [1.54, 1.807) is 0 Å². The Kier molecular flexibility index (Phi) is 6.63. The predicted molar refractivity (Wildman–Crippen MR) is 101 cm³/mol. The van der Waals surface area contributed by atoms with E-state index >= 15 is 0 Å². The third kappa shape index (κ3) is 5.31. The van der Waals surface area contributed by atoms with E-state index in [-0.39, 0.29) is 5.91 Å². The Morgan fingerprint density at radius 3 is 2.69 bits per heavy atom. The summed E-state index contributed by atoms with van der Waals surface area (Å²) in [6.07, 6.45) is 0. The zero-order valence-electron chi connectivity index (χ0n) is 15.2. The minimum absolute atomic E-state index is 0.0596. The van der Waals surface area contributed by atoms with Gasteiger partial charge in [-0.3, -0.25) is 9.69 Å². The Bertz CT molecular complexity index is 727. The van der Waals surface area contributed by atoms with Crippen LogP contribution in [0.15, 0.2) is 48.5 Å². The summed E-state index contributed by atoms with van der Waals surface area (Å²) in [7, 11) is 0. The Morgan fingerprint density at radius 1 is 1.12 bits per heavy atom. The highest BCUT2D eigenvalue weighted by atomic mass is 16.5. The summed E-state index contributed by atoms with van der Waals surface area (Å²) in [5, 5.41) is 2.99. The average Bonchev–Trinajstić information content (AvgIpc) is 2.68. The normalized spacial score (nSPS) is 14.8. The summed E-state index contributed by atoms with van der Waals surface area (Å²) >= 11 is 0. The highest BCUT2D eigenvalue weighted by molar-refractivity contribution is 5.94. The Balaban J connectivity index is 1.57. The van der Waals surface area contributed by atoms with Crippen molar-refractivity contribution in [2.24, 2.45) is 0 Å². The fraction of sp³-hybridized carbons (Fsp3) is 0.381. The van der Waals surface area contributed by atoms with E-state index < -0.39 is 0 Å². The van der Waals surface area contributed by atoms with Gasteiger partial charge < -0.3 is 14.8 Å². The minimum Gasteiger partial charge on any atom is -0.494 e. The smallest absolute Gasteiger partial charge is 0.251 e. The molecule has 2 aromatic carbocycles. The molecule has 1 aliphatic rings. The second-order valence-corrected chi connectivity index (χ2v) is 6.35. The molecule has 1 aliphatic heterocycles. The van der Waals surface area contributed by atoms with Crippen molar-refractivity contribution in [3.05, 3.63) is 65.2 Å². The number of benzene rings is 2. The van der Waals surface area contributed by atoms with Gasteiger partial charge in [-0.1, -0.05) is 24.3 Å². The molecule has 0 bridgehead atoms. The van der Waals surface area contributed by atoms with Gasteiger partial charge in [0.1, 0.15) is 5.75 Å². The molecule has 1 saturated heterocycles. The Morgan fingerprint density at radius 2 is 1.88 bits per heavy atom. The van der Waals surface area contributed by atoms with E-state index in [1.165, 1.54) is 0 Å². The maximum atomic E-state index is 12.5. The summed E-state index contributed by atoms with van der Waals surface area (Å²) < 4.78 is 10.9. The summed E-state index contributed by atoms with van der Waals surface area (Å²) in [6, 6.07) is 15.6. The Labute approximate surface area is 154 Å². The molecule has 5 heteroatoms. The number of morpholine rings is 1. The fourth-order valence-corrected chi connectivity index (χ4v) is 3.02. The zero-order valence-corrected chi connectivity index (χ0v) is 15.2. The number of amides is 1. The van der Waals surface area contributed by atoms with E-state index in [0.717, 1.165) is 49.7 Å². The molecule has 0 spiro atoms. The molecule has 1 amide bonds. The molecule has 2 aromatic rings. The lowest BCUT2D eigenvalue weighted by molar-refractivity contribution is 0.0342. The van der Waals surface area contributed by atoms with Gasteiger partial charge in [-0.05, 0) is 42.3 Å². The quantitative estimate of drug-likeness (QED) is 0.831. The molecule has 0 aromatic heterocycles. The van der Waals surface area contributed by atoms with Crippen LogP contribution in [-0.2, 0) is 17.8 Å². The highest BCUT2D eigenvalue weighted by Crippen LogP contribution is 2.14. The van der Waals surface area contributed by atoms with E-state index in [4.69, 9.17) is 9.47 Å². The molecule has 0 saturated carbocycles. The number of hydrogen-bond donors (Lipinski definition) is 1. The van der Waals surface area contributed by atoms with Crippen LogP contribution in [0.5, 0.6) is 5.75 Å². The van der Waals surface area contributed by atoms with Crippen molar-refractivity contribution in [3.63, 3.8) is 0 Å². The van der Waals surface area contributed by atoms with Gasteiger partial charge in [0, 0.05) is 31.7 Å². The second kappa shape index (κ2) is 9.36. The summed E-state index contributed by atoms with van der Waals surface area (Å²) in [6.45, 7) is 7.35. The largest absolute Gasteiger partial charge is 0.494 e. The lowest BCUT2D eigenvalue weighted by Gasteiger charge is -2.26. The van der Waals surface area contributed by atoms with Crippen molar-refractivity contribution in [1.29, 1.82) is 0 Å². The number of hydrogen-bond acceptors (Lipinski definition) is 4. The van der Waals surface area contributed by atoms with Gasteiger partial charge in [0.25, 0.3) is 5.91 Å². The molecule has 0 aliphatic carbocycles. The van der Waals surface area contributed by atoms with E-state index in [2.05, 4.69) is 16.3 Å². The van der Waals surface area contributed by atoms with Crippen LogP contribution in [0.3, 0.4) is 0 Å². The molecule has 1 heterocycles. The first kappa shape index (κ1) is 18.4. The molecule has 0 atom stereocenters.